The first kappa shape index (κ1) is 12.6. The van der Waals surface area contributed by atoms with Crippen LogP contribution in [0.4, 0.5) is 10.1 Å². The molecule has 1 N–H and O–H groups in total. The summed E-state index contributed by atoms with van der Waals surface area (Å²) in [5, 5.41) is 3.48. The summed E-state index contributed by atoms with van der Waals surface area (Å²) in [6, 6.07) is 2.41. The number of hydrogen-bond acceptors (Lipinski definition) is 1. The van der Waals surface area contributed by atoms with Gasteiger partial charge in [-0.3, -0.25) is 0 Å². The van der Waals surface area contributed by atoms with Crippen LogP contribution >= 0.6 is 34.8 Å². The zero-order valence-electron chi connectivity index (χ0n) is 7.95. The molecule has 0 spiro atoms. The monoisotopic (exact) mass is 267 g/mol. The molecule has 0 unspecified atom stereocenters. The third-order valence-electron chi connectivity index (χ3n) is 1.74. The van der Waals surface area contributed by atoms with Crippen molar-refractivity contribution in [1.82, 2.24) is 0 Å². The largest absolute Gasteiger partial charge is 0.379 e. The molecule has 0 aliphatic heterocycles. The van der Waals surface area contributed by atoms with Gasteiger partial charge in [0, 0.05) is 12.1 Å². The first-order valence-corrected chi connectivity index (χ1v) is 5.38. The Morgan fingerprint density at radius 2 is 1.93 bits per heavy atom. The van der Waals surface area contributed by atoms with E-state index in [1.807, 2.05) is 6.92 Å². The van der Waals surface area contributed by atoms with Crippen molar-refractivity contribution in [3.8, 4) is 0 Å². The molecule has 0 aliphatic carbocycles. The maximum absolute atomic E-state index is 12.8. The van der Waals surface area contributed by atoms with Crippen molar-refractivity contribution < 1.29 is 4.39 Å². The number of anilines is 1. The minimum Gasteiger partial charge on any atom is -0.379 e. The van der Waals surface area contributed by atoms with Crippen molar-refractivity contribution in [2.24, 2.45) is 0 Å². The first-order chi connectivity index (χ1) is 7.04. The van der Waals surface area contributed by atoms with E-state index in [9.17, 15) is 4.39 Å². The highest BCUT2D eigenvalue weighted by molar-refractivity contribution is 6.39. The molecule has 0 radical (unpaired) electrons. The molecule has 0 aliphatic rings. The lowest BCUT2D eigenvalue weighted by molar-refractivity contribution is 0.628. The van der Waals surface area contributed by atoms with E-state index in [-0.39, 0.29) is 10.0 Å². The van der Waals surface area contributed by atoms with Crippen molar-refractivity contribution in [1.29, 1.82) is 0 Å². The lowest BCUT2D eigenvalue weighted by Gasteiger charge is -2.10. The fourth-order valence-electron chi connectivity index (χ4n) is 0.977. The van der Waals surface area contributed by atoms with Crippen LogP contribution in [0.25, 0.3) is 0 Å². The van der Waals surface area contributed by atoms with Gasteiger partial charge in [0.25, 0.3) is 0 Å². The third kappa shape index (κ3) is 3.56. The van der Waals surface area contributed by atoms with Crippen LogP contribution in [-0.4, -0.2) is 6.54 Å². The van der Waals surface area contributed by atoms with Gasteiger partial charge in [0.05, 0.1) is 15.7 Å². The number of nitrogens with one attached hydrogen (secondary N) is 1. The fraction of sp³-hybridized carbons (Fsp3) is 0.200. The predicted octanol–water partition coefficient (Wildman–Crippen LogP) is 4.69. The Morgan fingerprint density at radius 1 is 1.40 bits per heavy atom. The summed E-state index contributed by atoms with van der Waals surface area (Å²) < 4.78 is 12.8. The zero-order chi connectivity index (χ0) is 11.4. The van der Waals surface area contributed by atoms with Gasteiger partial charge in [-0.15, -0.1) is 0 Å². The second-order valence-corrected chi connectivity index (χ2v) is 4.09. The summed E-state index contributed by atoms with van der Waals surface area (Å²) in [6.45, 7) is 2.36. The van der Waals surface area contributed by atoms with Gasteiger partial charge in [-0.2, -0.15) is 0 Å². The van der Waals surface area contributed by atoms with Gasteiger partial charge < -0.3 is 5.32 Å². The summed E-state index contributed by atoms with van der Waals surface area (Å²) in [4.78, 5) is 0. The van der Waals surface area contributed by atoms with Crippen LogP contribution in [-0.2, 0) is 0 Å². The quantitative estimate of drug-likeness (QED) is 0.839. The number of benzene rings is 1. The smallest absolute Gasteiger partial charge is 0.126 e. The lowest BCUT2D eigenvalue weighted by atomic mass is 10.3. The number of rotatable bonds is 3. The van der Waals surface area contributed by atoms with Crippen LogP contribution in [0, 0.1) is 5.82 Å². The summed E-state index contributed by atoms with van der Waals surface area (Å²) >= 11 is 17.1. The highest BCUT2D eigenvalue weighted by Gasteiger charge is 2.07. The Labute approximate surface area is 103 Å². The molecule has 0 atom stereocenters. The van der Waals surface area contributed by atoms with E-state index >= 15 is 0 Å². The molecule has 0 heterocycles. The van der Waals surface area contributed by atoms with Crippen LogP contribution in [0.15, 0.2) is 23.2 Å². The van der Waals surface area contributed by atoms with Gasteiger partial charge in [-0.05, 0) is 24.6 Å². The standard InChI is InChI=1S/C10H9Cl3FN/c1-6(4-11)5-15-10-8(12)2-7(14)3-9(10)13/h2-4,15H,5H2,1H3. The highest BCUT2D eigenvalue weighted by Crippen LogP contribution is 2.31. The number of halogens is 4. The van der Waals surface area contributed by atoms with Gasteiger partial charge in [-0.25, -0.2) is 4.39 Å². The molecule has 0 aromatic heterocycles. The van der Waals surface area contributed by atoms with Gasteiger partial charge in [0.2, 0.25) is 0 Å². The second-order valence-electron chi connectivity index (χ2n) is 3.05. The first-order valence-electron chi connectivity index (χ1n) is 4.19. The van der Waals surface area contributed by atoms with E-state index < -0.39 is 5.82 Å². The minimum atomic E-state index is -0.458. The average Bonchev–Trinajstić information content (AvgIpc) is 2.15. The van der Waals surface area contributed by atoms with Crippen LogP contribution in [0.1, 0.15) is 6.92 Å². The van der Waals surface area contributed by atoms with Crippen LogP contribution in [0.3, 0.4) is 0 Å². The van der Waals surface area contributed by atoms with Gasteiger partial charge >= 0.3 is 0 Å². The van der Waals surface area contributed by atoms with Crippen molar-refractivity contribution in [2.75, 3.05) is 11.9 Å². The van der Waals surface area contributed by atoms with E-state index in [1.54, 1.807) is 0 Å². The molecule has 1 aromatic carbocycles. The van der Waals surface area contributed by atoms with Crippen molar-refractivity contribution in [3.63, 3.8) is 0 Å². The molecule has 0 bridgehead atoms. The Hall–Kier alpha value is -0.440. The molecule has 1 nitrogen and oxygen atoms in total. The average molecular weight is 269 g/mol. The van der Waals surface area contributed by atoms with Gasteiger partial charge in [0.1, 0.15) is 5.82 Å². The Kier molecular flexibility index (Phi) is 4.71. The molecule has 0 saturated heterocycles. The SMILES string of the molecule is CC(=CCl)CNc1c(Cl)cc(F)cc1Cl. The minimum absolute atomic E-state index is 0.252. The van der Waals surface area contributed by atoms with Crippen LogP contribution < -0.4 is 5.32 Å². The molecular formula is C10H9Cl3FN. The molecule has 82 valence electrons. The molecular weight excluding hydrogens is 259 g/mol. The van der Waals surface area contributed by atoms with Crippen LogP contribution in [0.2, 0.25) is 10.0 Å². The highest BCUT2D eigenvalue weighted by atomic mass is 35.5. The predicted molar refractivity (Wildman–Crippen MR) is 64.5 cm³/mol. The Bertz CT molecular complexity index is 367. The zero-order valence-corrected chi connectivity index (χ0v) is 10.2. The topological polar surface area (TPSA) is 12.0 Å². The van der Waals surface area contributed by atoms with E-state index in [2.05, 4.69) is 5.32 Å². The van der Waals surface area contributed by atoms with Gasteiger partial charge in [0.15, 0.2) is 0 Å². The van der Waals surface area contributed by atoms with Crippen molar-refractivity contribution in [2.45, 2.75) is 6.92 Å². The van der Waals surface area contributed by atoms with Crippen LogP contribution in [0.5, 0.6) is 0 Å². The molecule has 0 saturated carbocycles. The summed E-state index contributed by atoms with van der Waals surface area (Å²) in [7, 11) is 0. The Morgan fingerprint density at radius 3 is 2.40 bits per heavy atom. The molecule has 1 aromatic rings. The molecule has 0 fully saturated rings. The van der Waals surface area contributed by atoms with E-state index in [4.69, 9.17) is 34.8 Å². The molecule has 15 heavy (non-hydrogen) atoms. The fourth-order valence-corrected chi connectivity index (χ4v) is 1.65. The van der Waals surface area contributed by atoms with Gasteiger partial charge in [-0.1, -0.05) is 34.8 Å². The van der Waals surface area contributed by atoms with Crippen molar-refractivity contribution in [3.05, 3.63) is 39.1 Å². The molecule has 5 heteroatoms. The normalized spacial score (nSPS) is 11.7. The van der Waals surface area contributed by atoms with E-state index in [1.165, 1.54) is 17.7 Å². The van der Waals surface area contributed by atoms with Crippen molar-refractivity contribution >= 4 is 40.5 Å². The second kappa shape index (κ2) is 5.59. The summed E-state index contributed by atoms with van der Waals surface area (Å²) in [5.74, 6) is -0.458. The third-order valence-corrected chi connectivity index (χ3v) is 2.71. The Balaban J connectivity index is 2.86. The maximum Gasteiger partial charge on any atom is 0.126 e. The molecule has 0 amide bonds. The van der Waals surface area contributed by atoms with E-state index in [0.717, 1.165) is 5.57 Å². The lowest BCUT2D eigenvalue weighted by Crippen LogP contribution is -2.03. The summed E-state index contributed by atoms with van der Waals surface area (Å²) in [6.07, 6.45) is 0. The maximum atomic E-state index is 12.8. The number of hydrogen-bond donors (Lipinski definition) is 1. The molecule has 1 rings (SSSR count). The van der Waals surface area contributed by atoms with E-state index in [0.29, 0.717) is 12.2 Å². The summed E-state index contributed by atoms with van der Waals surface area (Å²) in [5.41, 5.74) is 2.89.